The summed E-state index contributed by atoms with van der Waals surface area (Å²) in [6, 6.07) is 0. The molecule has 0 saturated carbocycles. The summed E-state index contributed by atoms with van der Waals surface area (Å²) < 4.78 is 0. The highest BCUT2D eigenvalue weighted by atomic mass is 28.1. The Labute approximate surface area is 62.5 Å². The first-order valence-corrected chi connectivity index (χ1v) is 5.08. The average molecular weight is 143 g/mol. The average Bonchev–Trinajstić information content (AvgIpc) is 1.90. The molecule has 1 radical (unpaired) electrons. The van der Waals surface area contributed by atoms with Gasteiger partial charge in [-0.2, -0.15) is 0 Å². The quantitative estimate of drug-likeness (QED) is 0.526. The van der Waals surface area contributed by atoms with Crippen LogP contribution in [0.15, 0.2) is 0 Å². The number of hydrogen-bond acceptors (Lipinski definition) is 0. The Hall–Kier alpha value is 0.217. The third-order valence-corrected chi connectivity index (χ3v) is 3.76. The molecule has 0 aliphatic carbocycles. The molecule has 0 aromatic heterocycles. The van der Waals surface area contributed by atoms with Gasteiger partial charge in [0.25, 0.3) is 0 Å². The highest BCUT2D eigenvalue weighted by molar-refractivity contribution is 6.18. The van der Waals surface area contributed by atoms with Gasteiger partial charge in [0, 0.05) is 10.2 Å². The van der Waals surface area contributed by atoms with Gasteiger partial charge in [-0.15, -0.1) is 0 Å². The van der Waals surface area contributed by atoms with Crippen molar-refractivity contribution in [3.05, 3.63) is 5.54 Å². The van der Waals surface area contributed by atoms with Crippen molar-refractivity contribution in [2.45, 2.75) is 40.0 Å². The molecule has 0 bridgehead atoms. The molecule has 0 aliphatic heterocycles. The molecule has 55 valence electrons. The lowest BCUT2D eigenvalue weighted by molar-refractivity contribution is 0.529. The van der Waals surface area contributed by atoms with Crippen molar-refractivity contribution in [1.82, 2.24) is 0 Å². The largest absolute Gasteiger partial charge is 0.0651 e. The van der Waals surface area contributed by atoms with E-state index in [-0.39, 0.29) is 0 Å². The first-order chi connectivity index (χ1) is 4.26. The Bertz CT molecular complexity index is 57.6. The van der Waals surface area contributed by atoms with Crippen molar-refractivity contribution in [1.29, 1.82) is 0 Å². The third kappa shape index (κ3) is 3.04. The van der Waals surface area contributed by atoms with Crippen molar-refractivity contribution in [2.75, 3.05) is 0 Å². The Morgan fingerprint density at radius 2 is 1.67 bits per heavy atom. The fraction of sp³-hybridized carbons (Fsp3) is 0.875. The second-order valence-electron chi connectivity index (χ2n) is 2.71. The van der Waals surface area contributed by atoms with E-state index in [4.69, 9.17) is 0 Å². The molecule has 1 heteroatoms. The highest BCUT2D eigenvalue weighted by Gasteiger charge is 2.10. The summed E-state index contributed by atoms with van der Waals surface area (Å²) >= 11 is 0. The summed E-state index contributed by atoms with van der Waals surface area (Å²) in [4.78, 5) is 0. The van der Waals surface area contributed by atoms with Crippen LogP contribution >= 0.6 is 0 Å². The van der Waals surface area contributed by atoms with Gasteiger partial charge in [-0.05, 0) is 11.5 Å². The summed E-state index contributed by atoms with van der Waals surface area (Å²) in [7, 11) is 1.31. The molecule has 0 heterocycles. The summed E-state index contributed by atoms with van der Waals surface area (Å²) in [5.74, 6) is 0.946. The SMILES string of the molecule is CC[C]([SiH3])C(CC)CC. The van der Waals surface area contributed by atoms with Gasteiger partial charge < -0.3 is 0 Å². The first-order valence-electron chi connectivity index (χ1n) is 4.08. The van der Waals surface area contributed by atoms with E-state index in [2.05, 4.69) is 20.8 Å². The molecule has 0 rings (SSSR count). The summed E-state index contributed by atoms with van der Waals surface area (Å²) in [5, 5.41) is 0. The lowest BCUT2D eigenvalue weighted by atomic mass is 9.97. The maximum Gasteiger partial charge on any atom is 0.0113 e. The molecule has 0 atom stereocenters. The lowest BCUT2D eigenvalue weighted by Gasteiger charge is -2.18. The van der Waals surface area contributed by atoms with Crippen LogP contribution in [0.4, 0.5) is 0 Å². The third-order valence-electron chi connectivity index (χ3n) is 2.24. The van der Waals surface area contributed by atoms with Crippen LogP contribution in [-0.4, -0.2) is 10.2 Å². The fourth-order valence-corrected chi connectivity index (χ4v) is 2.09. The summed E-state index contributed by atoms with van der Waals surface area (Å²) in [6.07, 6.45) is 4.02. The molecule has 0 amide bonds. The second kappa shape index (κ2) is 5.04. The Morgan fingerprint density at radius 3 is 1.78 bits per heavy atom. The van der Waals surface area contributed by atoms with E-state index in [1.54, 1.807) is 5.54 Å². The first kappa shape index (κ1) is 9.22. The Morgan fingerprint density at radius 1 is 1.22 bits per heavy atom. The normalized spacial score (nSPS) is 11.7. The standard InChI is InChI=1S/C8H19Si/c1-4-7(5-2)8(9)6-3/h7H,4-6H2,1-3,9H3. The molecule has 0 aromatic carbocycles. The van der Waals surface area contributed by atoms with E-state index in [1.807, 2.05) is 0 Å². The highest BCUT2D eigenvalue weighted by Crippen LogP contribution is 2.20. The molecule has 0 nitrogen and oxygen atoms in total. The molecule has 0 fully saturated rings. The zero-order valence-corrected chi connectivity index (χ0v) is 9.20. The van der Waals surface area contributed by atoms with Crippen molar-refractivity contribution < 1.29 is 0 Å². The van der Waals surface area contributed by atoms with Crippen LogP contribution in [0.2, 0.25) is 0 Å². The van der Waals surface area contributed by atoms with Crippen LogP contribution in [0, 0.1) is 11.5 Å². The summed E-state index contributed by atoms with van der Waals surface area (Å²) in [6.45, 7) is 6.87. The minimum absolute atomic E-state index is 0.946. The van der Waals surface area contributed by atoms with Gasteiger partial charge >= 0.3 is 0 Å². The minimum atomic E-state index is 0.946. The number of hydrogen-bond donors (Lipinski definition) is 0. The van der Waals surface area contributed by atoms with Gasteiger partial charge in [0.2, 0.25) is 0 Å². The van der Waals surface area contributed by atoms with Crippen molar-refractivity contribution >= 4 is 10.2 Å². The molecule has 0 saturated heterocycles. The van der Waals surface area contributed by atoms with Crippen LogP contribution in [0.25, 0.3) is 0 Å². The monoisotopic (exact) mass is 143 g/mol. The van der Waals surface area contributed by atoms with Crippen LogP contribution in [0.3, 0.4) is 0 Å². The van der Waals surface area contributed by atoms with E-state index in [0.717, 1.165) is 5.92 Å². The second-order valence-corrected chi connectivity index (χ2v) is 4.00. The van der Waals surface area contributed by atoms with Crippen molar-refractivity contribution in [3.8, 4) is 0 Å². The van der Waals surface area contributed by atoms with Gasteiger partial charge in [-0.3, -0.25) is 0 Å². The van der Waals surface area contributed by atoms with Gasteiger partial charge in [-0.25, -0.2) is 0 Å². The Kier molecular flexibility index (Phi) is 5.16. The predicted octanol–water partition coefficient (Wildman–Crippen LogP) is 1.73. The molecule has 9 heavy (non-hydrogen) atoms. The van der Waals surface area contributed by atoms with Crippen LogP contribution in [0.5, 0.6) is 0 Å². The molecule has 0 unspecified atom stereocenters. The molecule has 0 aromatic rings. The van der Waals surface area contributed by atoms with Crippen LogP contribution < -0.4 is 0 Å². The van der Waals surface area contributed by atoms with E-state index >= 15 is 0 Å². The maximum absolute atomic E-state index is 2.29. The predicted molar refractivity (Wildman–Crippen MR) is 47.5 cm³/mol. The van der Waals surface area contributed by atoms with Gasteiger partial charge in [0.1, 0.15) is 0 Å². The van der Waals surface area contributed by atoms with Gasteiger partial charge in [0.05, 0.1) is 0 Å². The zero-order valence-electron chi connectivity index (χ0n) is 7.20. The van der Waals surface area contributed by atoms with E-state index in [1.165, 1.54) is 29.5 Å². The smallest absolute Gasteiger partial charge is 0.0113 e. The lowest BCUT2D eigenvalue weighted by Crippen LogP contribution is -2.09. The summed E-state index contributed by atoms with van der Waals surface area (Å²) in [5.41, 5.74) is 1.81. The van der Waals surface area contributed by atoms with Crippen LogP contribution in [0.1, 0.15) is 40.0 Å². The van der Waals surface area contributed by atoms with Gasteiger partial charge in [-0.1, -0.05) is 40.0 Å². The maximum atomic E-state index is 2.29. The molecule has 0 aliphatic rings. The van der Waals surface area contributed by atoms with E-state index < -0.39 is 0 Å². The molecule has 0 spiro atoms. The van der Waals surface area contributed by atoms with Crippen molar-refractivity contribution in [3.63, 3.8) is 0 Å². The molecular weight excluding hydrogens is 124 g/mol. The molecular formula is C8H19Si. The van der Waals surface area contributed by atoms with E-state index in [9.17, 15) is 0 Å². The zero-order chi connectivity index (χ0) is 7.28. The minimum Gasteiger partial charge on any atom is -0.0651 e. The number of rotatable bonds is 4. The Balaban J connectivity index is 3.50. The van der Waals surface area contributed by atoms with Crippen molar-refractivity contribution in [2.24, 2.45) is 5.92 Å². The topological polar surface area (TPSA) is 0 Å². The van der Waals surface area contributed by atoms with E-state index in [0.29, 0.717) is 0 Å². The van der Waals surface area contributed by atoms with Gasteiger partial charge in [0.15, 0.2) is 0 Å². The van der Waals surface area contributed by atoms with Crippen LogP contribution in [-0.2, 0) is 0 Å². The molecule has 0 N–H and O–H groups in total. The fourth-order valence-electron chi connectivity index (χ4n) is 1.27.